The lowest BCUT2D eigenvalue weighted by molar-refractivity contribution is 0.0724. The predicted octanol–water partition coefficient (Wildman–Crippen LogP) is 0.853. The molecule has 0 radical (unpaired) electrons. The Hall–Kier alpha value is -1.74. The van der Waals surface area contributed by atoms with Crippen LogP contribution < -0.4 is 0 Å². The van der Waals surface area contributed by atoms with Crippen LogP contribution in [0.4, 0.5) is 0 Å². The van der Waals surface area contributed by atoms with Crippen molar-refractivity contribution in [3.05, 3.63) is 47.3 Å². The second-order valence-corrected chi connectivity index (χ2v) is 8.05. The Morgan fingerprint density at radius 2 is 2.00 bits per heavy atom. The fourth-order valence-electron chi connectivity index (χ4n) is 3.37. The first-order chi connectivity index (χ1) is 11.9. The molecule has 0 saturated heterocycles. The fraction of sp³-hybridized carbons (Fsp3) is 0.471. The van der Waals surface area contributed by atoms with E-state index in [4.69, 9.17) is 0 Å². The van der Waals surface area contributed by atoms with Gasteiger partial charge in [-0.1, -0.05) is 18.2 Å². The highest BCUT2D eigenvalue weighted by Gasteiger charge is 2.43. The van der Waals surface area contributed by atoms with Gasteiger partial charge in [-0.15, -0.1) is 0 Å². The van der Waals surface area contributed by atoms with E-state index in [1.807, 2.05) is 20.0 Å². The number of nitrogens with zero attached hydrogens (tertiary/aromatic N) is 3. The monoisotopic (exact) mass is 365 g/mol. The molecule has 2 atom stereocenters. The summed E-state index contributed by atoms with van der Waals surface area (Å²) in [4.78, 5) is 0.105. The number of β-amino-alcohol motifs (C(OH)–C–C–N with tert-alkyl or cyclic N) is 1. The van der Waals surface area contributed by atoms with Crippen molar-refractivity contribution in [2.45, 2.75) is 43.9 Å². The molecule has 0 unspecified atom stereocenters. The van der Waals surface area contributed by atoms with Gasteiger partial charge in [0.2, 0.25) is 10.0 Å². The normalized spacial score (nSPS) is 22.7. The highest BCUT2D eigenvalue weighted by atomic mass is 32.2. The van der Waals surface area contributed by atoms with E-state index in [1.165, 1.54) is 10.4 Å². The second kappa shape index (κ2) is 6.87. The predicted molar refractivity (Wildman–Crippen MR) is 92.5 cm³/mol. The van der Waals surface area contributed by atoms with Crippen molar-refractivity contribution in [2.24, 2.45) is 0 Å². The molecule has 2 N–H and O–H groups in total. The van der Waals surface area contributed by atoms with Crippen LogP contribution in [0.1, 0.15) is 29.8 Å². The maximum atomic E-state index is 13.0. The van der Waals surface area contributed by atoms with E-state index in [2.05, 4.69) is 5.10 Å². The molecule has 0 aliphatic carbocycles. The maximum Gasteiger partial charge on any atom is 0.243 e. The van der Waals surface area contributed by atoms with E-state index >= 15 is 0 Å². The minimum absolute atomic E-state index is 0.0562. The molecule has 8 heteroatoms. The summed E-state index contributed by atoms with van der Waals surface area (Å²) in [7, 11) is -3.77. The van der Waals surface area contributed by atoms with Crippen LogP contribution in [0.15, 0.2) is 35.4 Å². The van der Waals surface area contributed by atoms with Crippen LogP contribution >= 0.6 is 0 Å². The molecular weight excluding hydrogens is 342 g/mol. The van der Waals surface area contributed by atoms with Crippen molar-refractivity contribution in [3.63, 3.8) is 0 Å². The minimum atomic E-state index is -3.77. The molecule has 0 saturated carbocycles. The van der Waals surface area contributed by atoms with Crippen LogP contribution in [0.5, 0.6) is 0 Å². The van der Waals surface area contributed by atoms with Crippen LogP contribution in [0.2, 0.25) is 0 Å². The molecule has 0 bridgehead atoms. The smallest absolute Gasteiger partial charge is 0.243 e. The van der Waals surface area contributed by atoms with E-state index < -0.39 is 22.2 Å². The Balaban J connectivity index is 2.05. The summed E-state index contributed by atoms with van der Waals surface area (Å²) in [5.41, 5.74) is 2.11. The van der Waals surface area contributed by atoms with Crippen LogP contribution in [0.3, 0.4) is 0 Å². The topological polar surface area (TPSA) is 95.7 Å². The Bertz CT molecular complexity index is 863. The van der Waals surface area contributed by atoms with Gasteiger partial charge in [-0.25, -0.2) is 8.42 Å². The first-order valence-corrected chi connectivity index (χ1v) is 9.76. The molecule has 0 fully saturated rings. The molecule has 1 aliphatic rings. The number of benzene rings is 1. The molecule has 2 aromatic rings. The lowest BCUT2D eigenvalue weighted by atomic mass is 9.96. The standard InChI is InChI=1S/C17H23N3O4S/c1-3-19-11-13(12(2)18-19)10-15-17(22)14-6-4-5-7-16(14)25(23,24)20(15)8-9-21/h4-7,11,15,17,21-22H,3,8-10H2,1-2H3/t15-,17+/m0/s1. The molecule has 136 valence electrons. The molecule has 3 rings (SSSR count). The minimum Gasteiger partial charge on any atom is -0.395 e. The number of fused-ring (bicyclic) bond motifs is 1. The Morgan fingerprint density at radius 3 is 2.64 bits per heavy atom. The van der Waals surface area contributed by atoms with Crippen LogP contribution in [0, 0.1) is 6.92 Å². The number of aliphatic hydroxyl groups excluding tert-OH is 2. The quantitative estimate of drug-likeness (QED) is 0.819. The largest absolute Gasteiger partial charge is 0.395 e. The van der Waals surface area contributed by atoms with E-state index in [0.717, 1.165) is 17.8 Å². The van der Waals surface area contributed by atoms with Crippen molar-refractivity contribution in [1.29, 1.82) is 0 Å². The van der Waals surface area contributed by atoms with E-state index in [0.29, 0.717) is 12.0 Å². The van der Waals surface area contributed by atoms with Crippen molar-refractivity contribution >= 4 is 10.0 Å². The van der Waals surface area contributed by atoms with Crippen LogP contribution in [-0.2, 0) is 23.0 Å². The Morgan fingerprint density at radius 1 is 1.28 bits per heavy atom. The van der Waals surface area contributed by atoms with Crippen molar-refractivity contribution in [2.75, 3.05) is 13.2 Å². The summed E-state index contributed by atoms with van der Waals surface area (Å²) < 4.78 is 28.9. The second-order valence-electron chi connectivity index (χ2n) is 6.19. The number of rotatable bonds is 5. The van der Waals surface area contributed by atoms with Crippen molar-refractivity contribution in [3.8, 4) is 0 Å². The molecule has 7 nitrogen and oxygen atoms in total. The molecular formula is C17H23N3O4S. The lowest BCUT2D eigenvalue weighted by Crippen LogP contribution is -2.50. The molecule has 0 amide bonds. The van der Waals surface area contributed by atoms with Gasteiger partial charge < -0.3 is 10.2 Å². The fourth-order valence-corrected chi connectivity index (χ4v) is 5.23. The SMILES string of the molecule is CCn1cc(C[C@H]2[C@H](O)c3ccccc3S(=O)(=O)N2CCO)c(C)n1. The Labute approximate surface area is 147 Å². The van der Waals surface area contributed by atoms with Gasteiger partial charge in [-0.3, -0.25) is 4.68 Å². The molecule has 1 aromatic carbocycles. The van der Waals surface area contributed by atoms with Crippen molar-refractivity contribution in [1.82, 2.24) is 14.1 Å². The molecule has 2 heterocycles. The zero-order chi connectivity index (χ0) is 18.2. The first kappa shape index (κ1) is 18.1. The van der Waals surface area contributed by atoms with Gasteiger partial charge in [0.1, 0.15) is 0 Å². The van der Waals surface area contributed by atoms with E-state index in [9.17, 15) is 18.6 Å². The third-order valence-corrected chi connectivity index (χ3v) is 6.68. The van der Waals surface area contributed by atoms with Crippen LogP contribution in [0.25, 0.3) is 0 Å². The van der Waals surface area contributed by atoms with Crippen molar-refractivity contribution < 1.29 is 18.6 Å². The highest BCUT2D eigenvalue weighted by molar-refractivity contribution is 7.89. The zero-order valence-corrected chi connectivity index (χ0v) is 15.1. The van der Waals surface area contributed by atoms with E-state index in [1.54, 1.807) is 22.9 Å². The zero-order valence-electron chi connectivity index (χ0n) is 14.3. The van der Waals surface area contributed by atoms with Gasteiger partial charge in [-0.05, 0) is 31.9 Å². The average Bonchev–Trinajstić information content (AvgIpc) is 2.96. The molecule has 25 heavy (non-hydrogen) atoms. The Kier molecular flexibility index (Phi) is 4.97. The summed E-state index contributed by atoms with van der Waals surface area (Å²) in [6, 6.07) is 5.81. The van der Waals surface area contributed by atoms with E-state index in [-0.39, 0.29) is 18.0 Å². The number of aliphatic hydroxyl groups is 2. The molecule has 0 spiro atoms. The summed E-state index contributed by atoms with van der Waals surface area (Å²) in [5, 5.41) is 24.6. The van der Waals surface area contributed by atoms with Crippen LogP contribution in [-0.4, -0.2) is 51.9 Å². The van der Waals surface area contributed by atoms with Gasteiger partial charge in [0.15, 0.2) is 0 Å². The number of aryl methyl sites for hydroxylation is 2. The van der Waals surface area contributed by atoms with Gasteiger partial charge in [0.05, 0.1) is 29.3 Å². The number of aromatic nitrogens is 2. The summed E-state index contributed by atoms with van der Waals surface area (Å²) >= 11 is 0. The maximum absolute atomic E-state index is 13.0. The number of sulfonamides is 1. The summed E-state index contributed by atoms with van der Waals surface area (Å²) in [6.45, 7) is 4.20. The lowest BCUT2D eigenvalue weighted by Gasteiger charge is -2.39. The first-order valence-electron chi connectivity index (χ1n) is 8.32. The van der Waals surface area contributed by atoms with Gasteiger partial charge in [0, 0.05) is 24.8 Å². The van der Waals surface area contributed by atoms with Gasteiger partial charge in [0.25, 0.3) is 0 Å². The highest BCUT2D eigenvalue weighted by Crippen LogP contribution is 2.37. The molecule has 1 aromatic heterocycles. The van der Waals surface area contributed by atoms with Gasteiger partial charge in [-0.2, -0.15) is 9.40 Å². The summed E-state index contributed by atoms with van der Waals surface area (Å²) in [5.74, 6) is 0. The summed E-state index contributed by atoms with van der Waals surface area (Å²) in [6.07, 6.45) is 1.25. The average molecular weight is 365 g/mol. The van der Waals surface area contributed by atoms with Gasteiger partial charge >= 0.3 is 0 Å². The number of hydrogen-bond acceptors (Lipinski definition) is 5. The third kappa shape index (κ3) is 3.10. The number of hydrogen-bond donors (Lipinski definition) is 2. The molecule has 1 aliphatic heterocycles. The third-order valence-electron chi connectivity index (χ3n) is 4.68.